The lowest BCUT2D eigenvalue weighted by molar-refractivity contribution is 0.102. The van der Waals surface area contributed by atoms with Gasteiger partial charge < -0.3 is 15.5 Å². The lowest BCUT2D eigenvalue weighted by atomic mass is 10.1. The molecular weight excluding hydrogens is 362 g/mol. The molecule has 0 spiro atoms. The number of likely N-dealkylation sites (tertiary alicyclic amines) is 1. The quantitative estimate of drug-likeness (QED) is 0.670. The van der Waals surface area contributed by atoms with E-state index in [0.717, 1.165) is 30.8 Å². The van der Waals surface area contributed by atoms with Gasteiger partial charge in [0.25, 0.3) is 5.91 Å². The van der Waals surface area contributed by atoms with Gasteiger partial charge in [0.15, 0.2) is 0 Å². The summed E-state index contributed by atoms with van der Waals surface area (Å²) in [6.07, 6.45) is 8.95. The molecule has 1 aliphatic rings. The molecule has 6 nitrogen and oxygen atoms in total. The second kappa shape index (κ2) is 11.0. The Morgan fingerprint density at radius 3 is 2.79 bits per heavy atom. The first-order valence-electron chi connectivity index (χ1n) is 10.8. The van der Waals surface area contributed by atoms with Crippen LogP contribution in [-0.4, -0.2) is 52.5 Å². The average Bonchev–Trinajstić information content (AvgIpc) is 2.98. The molecule has 1 aliphatic heterocycles. The molecule has 29 heavy (non-hydrogen) atoms. The third-order valence-corrected chi connectivity index (χ3v) is 5.51. The Kier molecular flexibility index (Phi) is 8.14. The molecule has 2 aromatic rings. The number of carbonyl (C=O) groups is 1. The van der Waals surface area contributed by atoms with Crippen LogP contribution in [0.5, 0.6) is 0 Å². The van der Waals surface area contributed by atoms with Crippen molar-refractivity contribution >= 4 is 11.6 Å². The van der Waals surface area contributed by atoms with Crippen LogP contribution in [0.4, 0.5) is 5.69 Å². The summed E-state index contributed by atoms with van der Waals surface area (Å²) in [4.78, 5) is 23.5. The van der Waals surface area contributed by atoms with Crippen LogP contribution in [0.15, 0.2) is 42.7 Å². The van der Waals surface area contributed by atoms with Gasteiger partial charge in [-0.25, -0.2) is 4.98 Å². The second-order valence-electron chi connectivity index (χ2n) is 8.02. The molecule has 0 aliphatic carbocycles. The molecule has 3 rings (SSSR count). The summed E-state index contributed by atoms with van der Waals surface area (Å²) in [6.45, 7) is 7.96. The van der Waals surface area contributed by atoms with Crippen molar-refractivity contribution in [2.75, 3.05) is 25.0 Å². The summed E-state index contributed by atoms with van der Waals surface area (Å²) >= 11 is 0. The largest absolute Gasteiger partial charge is 0.321 e. The standard InChI is InChI=1S/C23H33N5O/c1-18(2)28-16-5-8-19(12-17-28)25-13-4-7-20-6-3-9-22(26-20)23(29)27-21-10-14-24-15-11-21/h3,6,9-11,14-15,18-19,25H,4-5,7-8,12-13,16-17H2,1-2H3,(H,24,27,29). The SMILES string of the molecule is CC(C)N1CCCC(NCCCc2cccc(C(=O)Nc3ccncc3)n2)CC1. The molecule has 2 N–H and O–H groups in total. The predicted molar refractivity (Wildman–Crippen MR) is 117 cm³/mol. The van der Waals surface area contributed by atoms with Gasteiger partial charge in [-0.15, -0.1) is 0 Å². The van der Waals surface area contributed by atoms with Crippen molar-refractivity contribution < 1.29 is 4.79 Å². The van der Waals surface area contributed by atoms with Crippen LogP contribution in [0.1, 0.15) is 55.7 Å². The van der Waals surface area contributed by atoms with Crippen LogP contribution in [0, 0.1) is 0 Å². The van der Waals surface area contributed by atoms with Gasteiger partial charge in [-0.2, -0.15) is 0 Å². The van der Waals surface area contributed by atoms with E-state index in [2.05, 4.69) is 39.3 Å². The molecule has 1 saturated heterocycles. The summed E-state index contributed by atoms with van der Waals surface area (Å²) in [5.41, 5.74) is 2.13. The van der Waals surface area contributed by atoms with Crippen LogP contribution in [-0.2, 0) is 6.42 Å². The predicted octanol–water partition coefficient (Wildman–Crippen LogP) is 3.51. The van der Waals surface area contributed by atoms with Crippen LogP contribution in [0.3, 0.4) is 0 Å². The second-order valence-corrected chi connectivity index (χ2v) is 8.02. The zero-order chi connectivity index (χ0) is 20.5. The smallest absolute Gasteiger partial charge is 0.274 e. The number of rotatable bonds is 8. The minimum atomic E-state index is -0.190. The summed E-state index contributed by atoms with van der Waals surface area (Å²) < 4.78 is 0. The van der Waals surface area contributed by atoms with E-state index in [4.69, 9.17) is 0 Å². The first-order chi connectivity index (χ1) is 14.1. The molecule has 0 aromatic carbocycles. The highest BCUT2D eigenvalue weighted by Gasteiger charge is 2.18. The Morgan fingerprint density at radius 1 is 1.17 bits per heavy atom. The first-order valence-corrected chi connectivity index (χ1v) is 10.8. The Balaban J connectivity index is 1.42. The Morgan fingerprint density at radius 2 is 2.00 bits per heavy atom. The molecular formula is C23H33N5O. The van der Waals surface area contributed by atoms with Crippen molar-refractivity contribution in [2.24, 2.45) is 0 Å². The van der Waals surface area contributed by atoms with Crippen LogP contribution in [0.25, 0.3) is 0 Å². The number of anilines is 1. The fraction of sp³-hybridized carbons (Fsp3) is 0.522. The van der Waals surface area contributed by atoms with E-state index < -0.39 is 0 Å². The molecule has 1 unspecified atom stereocenters. The lowest BCUT2D eigenvalue weighted by Gasteiger charge is -2.24. The topological polar surface area (TPSA) is 70.2 Å². The van der Waals surface area contributed by atoms with Crippen molar-refractivity contribution in [2.45, 2.75) is 58.0 Å². The fourth-order valence-corrected chi connectivity index (χ4v) is 3.79. The molecule has 0 radical (unpaired) electrons. The number of amides is 1. The third-order valence-electron chi connectivity index (χ3n) is 5.51. The van der Waals surface area contributed by atoms with Crippen molar-refractivity contribution in [3.8, 4) is 0 Å². The molecule has 1 fully saturated rings. The van der Waals surface area contributed by atoms with Gasteiger partial charge in [-0.1, -0.05) is 6.07 Å². The highest BCUT2D eigenvalue weighted by atomic mass is 16.1. The number of aromatic nitrogens is 2. The normalized spacial score (nSPS) is 17.8. The van der Waals surface area contributed by atoms with E-state index in [0.29, 0.717) is 17.8 Å². The fourth-order valence-electron chi connectivity index (χ4n) is 3.79. The van der Waals surface area contributed by atoms with E-state index in [9.17, 15) is 4.79 Å². The third kappa shape index (κ3) is 6.91. The van der Waals surface area contributed by atoms with Crippen LogP contribution < -0.4 is 10.6 Å². The van der Waals surface area contributed by atoms with Crippen molar-refractivity contribution in [1.29, 1.82) is 0 Å². The monoisotopic (exact) mass is 395 g/mol. The zero-order valence-corrected chi connectivity index (χ0v) is 17.6. The summed E-state index contributed by atoms with van der Waals surface area (Å²) in [5.74, 6) is -0.190. The minimum absolute atomic E-state index is 0.190. The summed E-state index contributed by atoms with van der Waals surface area (Å²) in [6, 6.07) is 10.4. The highest BCUT2D eigenvalue weighted by Crippen LogP contribution is 2.13. The zero-order valence-electron chi connectivity index (χ0n) is 17.6. The Bertz CT molecular complexity index is 765. The van der Waals surface area contributed by atoms with Gasteiger partial charge in [0, 0.05) is 35.9 Å². The van der Waals surface area contributed by atoms with Crippen LogP contribution >= 0.6 is 0 Å². The average molecular weight is 396 g/mol. The van der Waals surface area contributed by atoms with Crippen molar-refractivity contribution in [1.82, 2.24) is 20.2 Å². The molecule has 6 heteroatoms. The summed E-state index contributed by atoms with van der Waals surface area (Å²) in [7, 11) is 0. The van der Waals surface area contributed by atoms with Crippen molar-refractivity contribution in [3.63, 3.8) is 0 Å². The molecule has 1 amide bonds. The number of pyridine rings is 2. The maximum atomic E-state index is 12.4. The minimum Gasteiger partial charge on any atom is -0.321 e. The molecule has 1 atom stereocenters. The van der Waals surface area contributed by atoms with E-state index in [-0.39, 0.29) is 5.91 Å². The van der Waals surface area contributed by atoms with Gasteiger partial charge in [0.1, 0.15) is 5.69 Å². The van der Waals surface area contributed by atoms with E-state index in [1.807, 2.05) is 12.1 Å². The first kappa shape index (κ1) is 21.4. The van der Waals surface area contributed by atoms with Crippen molar-refractivity contribution in [3.05, 3.63) is 54.1 Å². The van der Waals surface area contributed by atoms with E-state index in [1.165, 1.54) is 32.4 Å². The number of nitrogens with zero attached hydrogens (tertiary/aromatic N) is 3. The number of hydrogen-bond acceptors (Lipinski definition) is 5. The number of hydrogen-bond donors (Lipinski definition) is 2. The Hall–Kier alpha value is -2.31. The van der Waals surface area contributed by atoms with Gasteiger partial charge in [-0.3, -0.25) is 9.78 Å². The maximum Gasteiger partial charge on any atom is 0.274 e. The lowest BCUT2D eigenvalue weighted by Crippen LogP contribution is -2.34. The van der Waals surface area contributed by atoms with Gasteiger partial charge in [0.05, 0.1) is 0 Å². The molecule has 0 bridgehead atoms. The number of nitrogens with one attached hydrogen (secondary N) is 2. The van der Waals surface area contributed by atoms with Crippen LogP contribution in [0.2, 0.25) is 0 Å². The molecule has 0 saturated carbocycles. The highest BCUT2D eigenvalue weighted by molar-refractivity contribution is 6.02. The van der Waals surface area contributed by atoms with Gasteiger partial charge >= 0.3 is 0 Å². The molecule has 2 aromatic heterocycles. The van der Waals surface area contributed by atoms with Gasteiger partial charge in [-0.05, 0) is 89.9 Å². The van der Waals surface area contributed by atoms with E-state index in [1.54, 1.807) is 30.6 Å². The molecule has 3 heterocycles. The van der Waals surface area contributed by atoms with Gasteiger partial charge in [0.2, 0.25) is 0 Å². The Labute approximate surface area is 174 Å². The number of aryl methyl sites for hydroxylation is 1. The summed E-state index contributed by atoms with van der Waals surface area (Å²) in [5, 5.41) is 6.58. The molecule has 156 valence electrons. The maximum absolute atomic E-state index is 12.4. The number of carbonyl (C=O) groups excluding carboxylic acids is 1. The van der Waals surface area contributed by atoms with E-state index >= 15 is 0 Å².